The molecule has 0 radical (unpaired) electrons. The zero-order chi connectivity index (χ0) is 30.3. The lowest BCUT2D eigenvalue weighted by Gasteiger charge is -2.38. The third-order valence-corrected chi connectivity index (χ3v) is 6.79. The maximum atomic E-state index is 14.3. The Labute approximate surface area is 243 Å². The smallest absolute Gasteiger partial charge is 0.408 e. The topological polar surface area (TPSA) is 108 Å². The van der Waals surface area contributed by atoms with E-state index in [4.69, 9.17) is 4.74 Å². The average molecular weight is 562 g/mol. The molecule has 0 aliphatic heterocycles. The average Bonchev–Trinajstić information content (AvgIpc) is 2.89. The molecule has 8 heteroatoms. The molecule has 3 aromatic carbocycles. The number of ether oxygens (including phenoxy) is 1. The Kier molecular flexibility index (Phi) is 10.4. The molecule has 0 aromatic heterocycles. The molecule has 8 nitrogen and oxygen atoms in total. The monoisotopic (exact) mass is 561 g/mol. The van der Waals surface area contributed by atoms with Crippen molar-refractivity contribution < 1.29 is 24.2 Å². The molecule has 0 spiro atoms. The summed E-state index contributed by atoms with van der Waals surface area (Å²) >= 11 is 0. The van der Waals surface area contributed by atoms with Crippen LogP contribution in [0.2, 0.25) is 0 Å². The van der Waals surface area contributed by atoms with Crippen molar-refractivity contribution in [2.24, 2.45) is 5.92 Å². The highest BCUT2D eigenvalue weighted by atomic mass is 16.6. The fraction of sp³-hybridized carbons (Fsp3) is 0.424. The molecular weight excluding hydrogens is 518 g/mol. The first kappa shape index (κ1) is 31.5. The predicted molar refractivity (Wildman–Crippen MR) is 163 cm³/mol. The van der Waals surface area contributed by atoms with Crippen molar-refractivity contribution >= 4 is 34.4 Å². The van der Waals surface area contributed by atoms with Crippen molar-refractivity contribution in [3.8, 4) is 5.75 Å². The van der Waals surface area contributed by atoms with Gasteiger partial charge in [-0.05, 0) is 75.4 Å². The summed E-state index contributed by atoms with van der Waals surface area (Å²) in [5, 5.41) is 18.6. The lowest BCUT2D eigenvalue weighted by molar-refractivity contribution is -0.143. The Balaban J connectivity index is 2.06. The number of alkyl carbamates (subject to hydrolysis) is 1. The molecule has 0 aliphatic carbocycles. The van der Waals surface area contributed by atoms with E-state index in [0.717, 1.165) is 10.8 Å². The molecule has 3 amide bonds. The van der Waals surface area contributed by atoms with Crippen LogP contribution in [-0.2, 0) is 14.3 Å². The van der Waals surface area contributed by atoms with Gasteiger partial charge in [0.1, 0.15) is 23.4 Å². The van der Waals surface area contributed by atoms with E-state index >= 15 is 0 Å². The Morgan fingerprint density at radius 2 is 1.56 bits per heavy atom. The molecule has 0 saturated carbocycles. The Bertz CT molecular complexity index is 1360. The predicted octanol–water partition coefficient (Wildman–Crippen LogP) is 6.79. The minimum absolute atomic E-state index is 0.0627. The van der Waals surface area contributed by atoms with Crippen LogP contribution in [0.1, 0.15) is 72.9 Å². The van der Waals surface area contributed by atoms with Gasteiger partial charge in [0, 0.05) is 17.3 Å². The number of para-hydroxylation sites is 1. The van der Waals surface area contributed by atoms with E-state index < -0.39 is 41.6 Å². The van der Waals surface area contributed by atoms with Crippen LogP contribution < -0.4 is 10.6 Å². The van der Waals surface area contributed by atoms with Crippen molar-refractivity contribution in [2.75, 3.05) is 5.32 Å². The van der Waals surface area contributed by atoms with Gasteiger partial charge in [-0.1, -0.05) is 69.3 Å². The second-order valence-electron chi connectivity index (χ2n) is 11.8. The number of hydrogen-bond donors (Lipinski definition) is 3. The van der Waals surface area contributed by atoms with Crippen LogP contribution in [-0.4, -0.2) is 45.6 Å². The molecule has 3 aromatic rings. The standard InChI is InChI=1S/C33H43N3O5/c1-8-22(4)36(31(39)27(19-21(2)3)35-32(40)41-33(5,6)7)29(26-15-11-12-16-28(26)37)30(38)34-25-18-17-23-13-9-10-14-24(23)20-25/h9-18,20-22,27,29,37H,8,19H2,1-7H3,(H,34,38)(H,35,40). The van der Waals surface area contributed by atoms with E-state index in [2.05, 4.69) is 10.6 Å². The molecule has 3 unspecified atom stereocenters. The number of fused-ring (bicyclic) bond motifs is 1. The summed E-state index contributed by atoms with van der Waals surface area (Å²) in [6, 6.07) is 17.4. The fourth-order valence-electron chi connectivity index (χ4n) is 4.73. The zero-order valence-corrected chi connectivity index (χ0v) is 25.1. The second-order valence-corrected chi connectivity index (χ2v) is 11.8. The van der Waals surface area contributed by atoms with E-state index in [9.17, 15) is 19.5 Å². The highest BCUT2D eigenvalue weighted by molar-refractivity contribution is 6.00. The van der Waals surface area contributed by atoms with E-state index in [1.807, 2.05) is 70.2 Å². The number of hydrogen-bond acceptors (Lipinski definition) is 5. The van der Waals surface area contributed by atoms with Gasteiger partial charge >= 0.3 is 6.09 Å². The molecule has 0 bridgehead atoms. The summed E-state index contributed by atoms with van der Waals surface area (Å²) in [6.45, 7) is 12.9. The maximum absolute atomic E-state index is 14.3. The zero-order valence-electron chi connectivity index (χ0n) is 25.1. The van der Waals surface area contributed by atoms with Gasteiger partial charge in [-0.3, -0.25) is 9.59 Å². The van der Waals surface area contributed by atoms with Crippen LogP contribution in [0, 0.1) is 5.92 Å². The molecule has 0 heterocycles. The summed E-state index contributed by atoms with van der Waals surface area (Å²) in [4.78, 5) is 42.7. The molecule has 3 rings (SSSR count). The van der Waals surface area contributed by atoms with Gasteiger partial charge in [-0.2, -0.15) is 0 Å². The highest BCUT2D eigenvalue weighted by Crippen LogP contribution is 2.33. The van der Waals surface area contributed by atoms with Crippen LogP contribution in [0.25, 0.3) is 10.8 Å². The molecule has 0 aliphatic rings. The van der Waals surface area contributed by atoms with Crippen LogP contribution in [0.4, 0.5) is 10.5 Å². The number of aromatic hydroxyl groups is 1. The Hall–Kier alpha value is -4.07. The quantitative estimate of drug-likeness (QED) is 0.253. The third kappa shape index (κ3) is 8.46. The lowest BCUT2D eigenvalue weighted by atomic mass is 9.96. The van der Waals surface area contributed by atoms with Crippen molar-refractivity contribution in [1.29, 1.82) is 0 Å². The number of benzene rings is 3. The van der Waals surface area contributed by atoms with E-state index in [1.54, 1.807) is 39.0 Å². The summed E-state index contributed by atoms with van der Waals surface area (Å²) in [5.74, 6) is -0.947. The summed E-state index contributed by atoms with van der Waals surface area (Å²) in [5.41, 5.74) is 0.112. The number of anilines is 1. The van der Waals surface area contributed by atoms with Crippen LogP contribution >= 0.6 is 0 Å². The van der Waals surface area contributed by atoms with Gasteiger partial charge < -0.3 is 25.4 Å². The largest absolute Gasteiger partial charge is 0.508 e. The van der Waals surface area contributed by atoms with Crippen molar-refractivity contribution in [3.05, 3.63) is 72.3 Å². The minimum atomic E-state index is -1.17. The fourth-order valence-corrected chi connectivity index (χ4v) is 4.73. The first-order valence-corrected chi connectivity index (χ1v) is 14.2. The number of phenolic OH excluding ortho intramolecular Hbond substituents is 1. The van der Waals surface area contributed by atoms with Gasteiger partial charge in [0.25, 0.3) is 5.91 Å². The molecule has 3 N–H and O–H groups in total. The molecule has 220 valence electrons. The van der Waals surface area contributed by atoms with Crippen molar-refractivity contribution in [1.82, 2.24) is 10.2 Å². The second kappa shape index (κ2) is 13.5. The molecular formula is C33H43N3O5. The van der Waals surface area contributed by atoms with Gasteiger partial charge in [0.15, 0.2) is 0 Å². The Morgan fingerprint density at radius 1 is 0.927 bits per heavy atom. The first-order chi connectivity index (χ1) is 19.3. The number of phenols is 1. The van der Waals surface area contributed by atoms with Crippen LogP contribution in [0.15, 0.2) is 66.7 Å². The number of carbonyl (C=O) groups is 3. The van der Waals surface area contributed by atoms with Gasteiger partial charge in [-0.15, -0.1) is 0 Å². The molecule has 3 atom stereocenters. The first-order valence-electron chi connectivity index (χ1n) is 14.2. The van der Waals surface area contributed by atoms with Crippen LogP contribution in [0.3, 0.4) is 0 Å². The van der Waals surface area contributed by atoms with Gasteiger partial charge in [-0.25, -0.2) is 4.79 Å². The number of nitrogens with zero attached hydrogens (tertiary/aromatic N) is 1. The third-order valence-electron chi connectivity index (χ3n) is 6.79. The summed E-state index contributed by atoms with van der Waals surface area (Å²) in [7, 11) is 0. The Morgan fingerprint density at radius 3 is 2.17 bits per heavy atom. The number of rotatable bonds is 10. The number of amides is 3. The minimum Gasteiger partial charge on any atom is -0.508 e. The van der Waals surface area contributed by atoms with E-state index in [1.165, 1.54) is 11.0 Å². The van der Waals surface area contributed by atoms with Gasteiger partial charge in [0.05, 0.1) is 0 Å². The normalized spacial score (nSPS) is 13.8. The highest BCUT2D eigenvalue weighted by Gasteiger charge is 2.39. The van der Waals surface area contributed by atoms with E-state index in [-0.39, 0.29) is 11.7 Å². The molecule has 0 fully saturated rings. The number of carbonyl (C=O) groups excluding carboxylic acids is 3. The van der Waals surface area contributed by atoms with Crippen molar-refractivity contribution in [3.63, 3.8) is 0 Å². The van der Waals surface area contributed by atoms with E-state index in [0.29, 0.717) is 24.1 Å². The van der Waals surface area contributed by atoms with Gasteiger partial charge in [0.2, 0.25) is 5.91 Å². The molecule has 0 saturated heterocycles. The molecule has 41 heavy (non-hydrogen) atoms. The SMILES string of the molecule is CCC(C)N(C(=O)C(CC(C)C)NC(=O)OC(C)(C)C)C(C(=O)Nc1ccc2ccccc2c1)c1ccccc1O. The van der Waals surface area contributed by atoms with Crippen molar-refractivity contribution in [2.45, 2.75) is 85.0 Å². The lowest BCUT2D eigenvalue weighted by Crippen LogP contribution is -2.55. The maximum Gasteiger partial charge on any atom is 0.408 e. The number of nitrogens with one attached hydrogen (secondary N) is 2. The summed E-state index contributed by atoms with van der Waals surface area (Å²) < 4.78 is 5.45. The summed E-state index contributed by atoms with van der Waals surface area (Å²) in [6.07, 6.45) is 0.172. The van der Waals surface area contributed by atoms with Crippen LogP contribution in [0.5, 0.6) is 5.75 Å².